The van der Waals surface area contributed by atoms with Gasteiger partial charge in [0.05, 0.1) is 0 Å². The highest BCUT2D eigenvalue weighted by atomic mass is 35.5. The van der Waals surface area contributed by atoms with E-state index in [1.807, 2.05) is 25.2 Å². The summed E-state index contributed by atoms with van der Waals surface area (Å²) in [5.74, 6) is 0. The van der Waals surface area contributed by atoms with Crippen LogP contribution in [0.1, 0.15) is 24.9 Å². The highest BCUT2D eigenvalue weighted by Gasteiger charge is 2.26. The minimum atomic E-state index is 0. The number of benzene rings is 1. The van der Waals surface area contributed by atoms with Gasteiger partial charge in [0.15, 0.2) is 0 Å². The lowest BCUT2D eigenvalue weighted by molar-refractivity contribution is 0.257. The Hall–Kier alpha value is 0.01000. The summed E-state index contributed by atoms with van der Waals surface area (Å²) in [4.78, 5) is 2.44. The molecule has 0 aromatic heterocycles. The van der Waals surface area contributed by atoms with Gasteiger partial charge in [-0.15, -0.1) is 12.4 Å². The van der Waals surface area contributed by atoms with Gasteiger partial charge in [-0.3, -0.25) is 4.90 Å². The summed E-state index contributed by atoms with van der Waals surface area (Å²) in [6.07, 6.45) is 1.19. The van der Waals surface area contributed by atoms with Gasteiger partial charge < -0.3 is 5.32 Å². The summed E-state index contributed by atoms with van der Waals surface area (Å²) in [6.45, 7) is 4.37. The van der Waals surface area contributed by atoms with Gasteiger partial charge in [-0.1, -0.05) is 23.2 Å². The van der Waals surface area contributed by atoms with Gasteiger partial charge in [0, 0.05) is 35.2 Å². The Morgan fingerprint density at radius 3 is 2.72 bits per heavy atom. The molecule has 5 heteroatoms. The predicted molar refractivity (Wildman–Crippen MR) is 81.2 cm³/mol. The third-order valence-corrected chi connectivity index (χ3v) is 4.16. The average Bonchev–Trinajstić information content (AvgIpc) is 2.80. The maximum atomic E-state index is 6.24. The lowest BCUT2D eigenvalue weighted by Gasteiger charge is -2.25. The van der Waals surface area contributed by atoms with Crippen LogP contribution in [0.3, 0.4) is 0 Å². The van der Waals surface area contributed by atoms with Gasteiger partial charge in [-0.2, -0.15) is 0 Å². The Morgan fingerprint density at radius 1 is 1.39 bits per heavy atom. The molecular formula is C13H19Cl3N2. The molecule has 18 heavy (non-hydrogen) atoms. The Kier molecular flexibility index (Phi) is 6.22. The second-order valence-electron chi connectivity index (χ2n) is 4.61. The van der Waals surface area contributed by atoms with Crippen molar-refractivity contribution in [1.82, 2.24) is 10.2 Å². The second kappa shape index (κ2) is 6.97. The molecule has 2 unspecified atom stereocenters. The highest BCUT2D eigenvalue weighted by molar-refractivity contribution is 6.33. The van der Waals surface area contributed by atoms with E-state index in [-0.39, 0.29) is 12.4 Å². The number of likely N-dealkylation sites (tertiary alicyclic amines) is 1. The second-order valence-corrected chi connectivity index (χ2v) is 5.45. The van der Waals surface area contributed by atoms with E-state index in [0.29, 0.717) is 12.1 Å². The average molecular weight is 310 g/mol. The molecule has 1 aromatic rings. The fourth-order valence-corrected chi connectivity index (χ4v) is 2.86. The van der Waals surface area contributed by atoms with Crippen LogP contribution in [0.5, 0.6) is 0 Å². The van der Waals surface area contributed by atoms with Gasteiger partial charge in [-0.05, 0) is 44.2 Å². The SMILES string of the molecule is CNC1CCN(C(C)c2cc(Cl)ccc2Cl)C1.Cl. The summed E-state index contributed by atoms with van der Waals surface area (Å²) < 4.78 is 0. The first-order valence-corrected chi connectivity index (χ1v) is 6.73. The van der Waals surface area contributed by atoms with E-state index < -0.39 is 0 Å². The molecule has 0 saturated carbocycles. The molecule has 2 atom stereocenters. The van der Waals surface area contributed by atoms with Crippen LogP contribution in [0, 0.1) is 0 Å². The van der Waals surface area contributed by atoms with E-state index in [1.165, 1.54) is 6.42 Å². The molecule has 0 radical (unpaired) electrons. The zero-order valence-corrected chi connectivity index (χ0v) is 12.9. The monoisotopic (exact) mass is 308 g/mol. The molecule has 1 N–H and O–H groups in total. The molecule has 0 amide bonds. The van der Waals surface area contributed by atoms with Gasteiger partial charge in [0.1, 0.15) is 0 Å². The smallest absolute Gasteiger partial charge is 0.0454 e. The normalized spacial score (nSPS) is 21.7. The molecule has 1 aromatic carbocycles. The van der Waals surface area contributed by atoms with Crippen molar-refractivity contribution in [2.45, 2.75) is 25.4 Å². The van der Waals surface area contributed by atoms with Crippen LogP contribution >= 0.6 is 35.6 Å². The quantitative estimate of drug-likeness (QED) is 0.914. The zero-order valence-electron chi connectivity index (χ0n) is 10.6. The molecule has 2 rings (SSSR count). The first-order chi connectivity index (χ1) is 8.11. The fourth-order valence-electron chi connectivity index (χ4n) is 2.41. The minimum Gasteiger partial charge on any atom is -0.316 e. The first-order valence-electron chi connectivity index (χ1n) is 5.98. The number of hydrogen-bond acceptors (Lipinski definition) is 2. The molecule has 1 aliphatic heterocycles. The largest absolute Gasteiger partial charge is 0.316 e. The zero-order chi connectivity index (χ0) is 12.4. The summed E-state index contributed by atoms with van der Waals surface area (Å²) in [5.41, 5.74) is 1.12. The summed E-state index contributed by atoms with van der Waals surface area (Å²) in [5, 5.41) is 4.88. The first kappa shape index (κ1) is 16.1. The van der Waals surface area contributed by atoms with Gasteiger partial charge in [0.25, 0.3) is 0 Å². The number of rotatable bonds is 3. The number of likely N-dealkylation sites (N-methyl/N-ethyl adjacent to an activating group) is 1. The van der Waals surface area contributed by atoms with Gasteiger partial charge >= 0.3 is 0 Å². The van der Waals surface area contributed by atoms with Crippen LogP contribution in [0.2, 0.25) is 10.0 Å². The van der Waals surface area contributed by atoms with Crippen molar-refractivity contribution in [1.29, 1.82) is 0 Å². The van der Waals surface area contributed by atoms with Crippen LogP contribution in [-0.4, -0.2) is 31.1 Å². The summed E-state index contributed by atoms with van der Waals surface area (Å²) in [6, 6.07) is 6.60. The van der Waals surface area contributed by atoms with Crippen LogP contribution in [0.25, 0.3) is 0 Å². The molecule has 0 spiro atoms. The summed E-state index contributed by atoms with van der Waals surface area (Å²) >= 11 is 12.3. The van der Waals surface area contributed by atoms with Crippen molar-refractivity contribution >= 4 is 35.6 Å². The van der Waals surface area contributed by atoms with Crippen molar-refractivity contribution < 1.29 is 0 Å². The van der Waals surface area contributed by atoms with Crippen LogP contribution in [0.15, 0.2) is 18.2 Å². The molecule has 1 saturated heterocycles. The van der Waals surface area contributed by atoms with E-state index in [9.17, 15) is 0 Å². The molecule has 102 valence electrons. The minimum absolute atomic E-state index is 0. The predicted octanol–water partition coefficient (Wildman–Crippen LogP) is 3.77. The third-order valence-electron chi connectivity index (χ3n) is 3.58. The Balaban J connectivity index is 0.00000162. The number of nitrogens with zero attached hydrogens (tertiary/aromatic N) is 1. The van der Waals surface area contributed by atoms with Gasteiger partial charge in [-0.25, -0.2) is 0 Å². The van der Waals surface area contributed by atoms with E-state index in [1.54, 1.807) is 0 Å². The molecule has 1 aliphatic rings. The van der Waals surface area contributed by atoms with Crippen molar-refractivity contribution in [3.05, 3.63) is 33.8 Å². The molecule has 1 fully saturated rings. The van der Waals surface area contributed by atoms with Crippen molar-refractivity contribution in [2.75, 3.05) is 20.1 Å². The maximum absolute atomic E-state index is 6.24. The van der Waals surface area contributed by atoms with Crippen molar-refractivity contribution in [3.63, 3.8) is 0 Å². The molecular weight excluding hydrogens is 291 g/mol. The Labute approximate surface area is 125 Å². The Bertz CT molecular complexity index is 398. The third kappa shape index (κ3) is 3.52. The van der Waals surface area contributed by atoms with Gasteiger partial charge in [0.2, 0.25) is 0 Å². The van der Waals surface area contributed by atoms with Crippen LogP contribution in [-0.2, 0) is 0 Å². The lowest BCUT2D eigenvalue weighted by atomic mass is 10.1. The lowest BCUT2D eigenvalue weighted by Crippen LogP contribution is -2.31. The highest BCUT2D eigenvalue weighted by Crippen LogP contribution is 2.31. The Morgan fingerprint density at radius 2 is 2.11 bits per heavy atom. The molecule has 1 heterocycles. The maximum Gasteiger partial charge on any atom is 0.0454 e. The van der Waals surface area contributed by atoms with Crippen LogP contribution in [0.4, 0.5) is 0 Å². The topological polar surface area (TPSA) is 15.3 Å². The van der Waals surface area contributed by atoms with E-state index in [4.69, 9.17) is 23.2 Å². The van der Waals surface area contributed by atoms with E-state index in [0.717, 1.165) is 28.7 Å². The number of nitrogens with one attached hydrogen (secondary N) is 1. The van der Waals surface area contributed by atoms with Crippen molar-refractivity contribution in [2.24, 2.45) is 0 Å². The standard InChI is InChI=1S/C13H18Cl2N2.ClH/c1-9(17-6-5-11(8-17)16-2)12-7-10(14)3-4-13(12)15;/h3-4,7,9,11,16H,5-6,8H2,1-2H3;1H. The molecule has 0 aliphatic carbocycles. The fraction of sp³-hybridized carbons (Fsp3) is 0.538. The molecule has 2 nitrogen and oxygen atoms in total. The van der Waals surface area contributed by atoms with Crippen molar-refractivity contribution in [3.8, 4) is 0 Å². The van der Waals surface area contributed by atoms with E-state index >= 15 is 0 Å². The molecule has 0 bridgehead atoms. The van der Waals surface area contributed by atoms with E-state index in [2.05, 4.69) is 17.1 Å². The number of hydrogen-bond donors (Lipinski definition) is 1. The van der Waals surface area contributed by atoms with Crippen LogP contribution < -0.4 is 5.32 Å². The number of halogens is 3. The summed E-state index contributed by atoms with van der Waals surface area (Å²) in [7, 11) is 2.02.